The molecule has 0 aliphatic carbocycles. The molecule has 0 radical (unpaired) electrons. The maximum absolute atomic E-state index is 12.8. The summed E-state index contributed by atoms with van der Waals surface area (Å²) in [5, 5.41) is 2.96. The zero-order valence-corrected chi connectivity index (χ0v) is 16.6. The number of rotatable bonds is 7. The lowest BCUT2D eigenvalue weighted by atomic mass is 10.1. The molecule has 0 atom stereocenters. The molecule has 3 rings (SSSR count). The molecule has 0 spiro atoms. The Labute approximate surface area is 167 Å². The first-order chi connectivity index (χ1) is 13.6. The highest BCUT2D eigenvalue weighted by atomic mass is 16.2. The second-order valence-electron chi connectivity index (χ2n) is 7.40. The molecule has 1 N–H and O–H groups in total. The van der Waals surface area contributed by atoms with Gasteiger partial charge < -0.3 is 15.1 Å². The van der Waals surface area contributed by atoms with Gasteiger partial charge in [0.1, 0.15) is 0 Å². The summed E-state index contributed by atoms with van der Waals surface area (Å²) in [4.78, 5) is 29.1. The van der Waals surface area contributed by atoms with Crippen molar-refractivity contribution in [3.8, 4) is 0 Å². The van der Waals surface area contributed by atoms with Gasteiger partial charge in [-0.2, -0.15) is 0 Å². The minimum atomic E-state index is -0.0863. The number of piperidine rings is 1. The van der Waals surface area contributed by atoms with E-state index in [0.717, 1.165) is 42.7 Å². The van der Waals surface area contributed by atoms with Crippen LogP contribution in [0.1, 0.15) is 30.4 Å². The molecule has 1 fully saturated rings. The molecule has 1 heterocycles. The summed E-state index contributed by atoms with van der Waals surface area (Å²) in [5.41, 5.74) is 3.07. The molecule has 2 aromatic rings. The zero-order valence-electron chi connectivity index (χ0n) is 16.6. The number of benzene rings is 2. The van der Waals surface area contributed by atoms with Crippen LogP contribution >= 0.6 is 0 Å². The Hall–Kier alpha value is -2.82. The van der Waals surface area contributed by atoms with E-state index >= 15 is 0 Å². The second-order valence-corrected chi connectivity index (χ2v) is 7.40. The number of hydrogen-bond donors (Lipinski definition) is 1. The van der Waals surface area contributed by atoms with Gasteiger partial charge in [0, 0.05) is 25.3 Å². The van der Waals surface area contributed by atoms with Crippen molar-refractivity contribution in [3.05, 3.63) is 65.7 Å². The third-order valence-electron chi connectivity index (χ3n) is 5.07. The van der Waals surface area contributed by atoms with Gasteiger partial charge in [-0.25, -0.2) is 0 Å². The number of nitrogens with zero attached hydrogens (tertiary/aromatic N) is 2. The summed E-state index contributed by atoms with van der Waals surface area (Å²) in [7, 11) is 0. The molecule has 0 unspecified atom stereocenters. The first kappa shape index (κ1) is 19.9. The molecule has 2 amide bonds. The summed E-state index contributed by atoms with van der Waals surface area (Å²) in [6, 6.07) is 17.8. The van der Waals surface area contributed by atoms with E-state index in [4.69, 9.17) is 0 Å². The maximum atomic E-state index is 12.8. The fraction of sp³-hybridized carbons (Fsp3) is 0.391. The molecule has 5 heteroatoms. The van der Waals surface area contributed by atoms with E-state index < -0.39 is 0 Å². The molecule has 148 valence electrons. The molecular formula is C23H29N3O2. The third kappa shape index (κ3) is 5.84. The van der Waals surface area contributed by atoms with Gasteiger partial charge in [-0.3, -0.25) is 9.59 Å². The van der Waals surface area contributed by atoms with Crippen molar-refractivity contribution in [1.82, 2.24) is 10.2 Å². The van der Waals surface area contributed by atoms with Gasteiger partial charge in [-0.1, -0.05) is 42.5 Å². The van der Waals surface area contributed by atoms with E-state index in [-0.39, 0.29) is 24.9 Å². The highest BCUT2D eigenvalue weighted by Crippen LogP contribution is 2.17. The van der Waals surface area contributed by atoms with E-state index in [1.165, 1.54) is 6.42 Å². The van der Waals surface area contributed by atoms with Crippen LogP contribution in [0.2, 0.25) is 0 Å². The number of amides is 2. The summed E-state index contributed by atoms with van der Waals surface area (Å²) in [6.45, 7) is 4.53. The number of nitrogens with one attached hydrogen (secondary N) is 1. The van der Waals surface area contributed by atoms with Crippen LogP contribution in [0.15, 0.2) is 54.6 Å². The van der Waals surface area contributed by atoms with Crippen molar-refractivity contribution in [2.75, 3.05) is 31.1 Å². The summed E-state index contributed by atoms with van der Waals surface area (Å²) >= 11 is 0. The molecule has 2 aromatic carbocycles. The lowest BCUT2D eigenvalue weighted by Crippen LogP contribution is -2.45. The topological polar surface area (TPSA) is 52.7 Å². The number of aryl methyl sites for hydroxylation is 1. The molecule has 1 aliphatic heterocycles. The summed E-state index contributed by atoms with van der Waals surface area (Å²) in [6.07, 6.45) is 3.31. The molecule has 28 heavy (non-hydrogen) atoms. The fourth-order valence-corrected chi connectivity index (χ4v) is 3.50. The van der Waals surface area contributed by atoms with Gasteiger partial charge in [0.15, 0.2) is 0 Å². The van der Waals surface area contributed by atoms with Crippen molar-refractivity contribution in [1.29, 1.82) is 0 Å². The van der Waals surface area contributed by atoms with Crippen LogP contribution in [0, 0.1) is 6.92 Å². The van der Waals surface area contributed by atoms with Gasteiger partial charge in [-0.15, -0.1) is 0 Å². The Morgan fingerprint density at radius 2 is 1.71 bits per heavy atom. The quantitative estimate of drug-likeness (QED) is 0.804. The fourth-order valence-electron chi connectivity index (χ4n) is 3.50. The SMILES string of the molecule is Cc1cccc(N(CC(=O)NCc2ccccc2)CC(=O)N2CCCCC2)c1. The average Bonchev–Trinajstić information content (AvgIpc) is 2.73. The van der Waals surface area contributed by atoms with Gasteiger partial charge in [-0.05, 0) is 49.4 Å². The van der Waals surface area contributed by atoms with Crippen LogP contribution in [0.5, 0.6) is 0 Å². The van der Waals surface area contributed by atoms with E-state index in [9.17, 15) is 9.59 Å². The zero-order chi connectivity index (χ0) is 19.8. The van der Waals surface area contributed by atoms with Gasteiger partial charge in [0.25, 0.3) is 0 Å². The Morgan fingerprint density at radius 3 is 2.43 bits per heavy atom. The Kier molecular flexibility index (Phi) is 7.06. The van der Waals surface area contributed by atoms with Gasteiger partial charge in [0.2, 0.25) is 11.8 Å². The second kappa shape index (κ2) is 9.93. The predicted molar refractivity (Wildman–Crippen MR) is 112 cm³/mol. The summed E-state index contributed by atoms with van der Waals surface area (Å²) < 4.78 is 0. The van der Waals surface area contributed by atoms with Gasteiger partial charge in [0.05, 0.1) is 13.1 Å². The lowest BCUT2D eigenvalue weighted by Gasteiger charge is -2.31. The van der Waals surface area contributed by atoms with Crippen molar-refractivity contribution in [2.45, 2.75) is 32.7 Å². The van der Waals surface area contributed by atoms with Crippen LogP contribution in [-0.4, -0.2) is 42.9 Å². The van der Waals surface area contributed by atoms with Crippen molar-refractivity contribution in [3.63, 3.8) is 0 Å². The molecule has 0 bridgehead atoms. The maximum Gasteiger partial charge on any atom is 0.242 e. The van der Waals surface area contributed by atoms with E-state index in [0.29, 0.717) is 6.54 Å². The Morgan fingerprint density at radius 1 is 0.964 bits per heavy atom. The lowest BCUT2D eigenvalue weighted by molar-refractivity contribution is -0.130. The third-order valence-corrected chi connectivity index (χ3v) is 5.07. The highest BCUT2D eigenvalue weighted by Gasteiger charge is 2.21. The molecule has 0 aromatic heterocycles. The van der Waals surface area contributed by atoms with Gasteiger partial charge >= 0.3 is 0 Å². The predicted octanol–water partition coefficient (Wildman–Crippen LogP) is 3.13. The Balaban J connectivity index is 1.65. The van der Waals surface area contributed by atoms with Crippen LogP contribution in [0.3, 0.4) is 0 Å². The van der Waals surface area contributed by atoms with Crippen molar-refractivity contribution < 1.29 is 9.59 Å². The van der Waals surface area contributed by atoms with Crippen LogP contribution < -0.4 is 10.2 Å². The van der Waals surface area contributed by atoms with Crippen LogP contribution in [0.25, 0.3) is 0 Å². The minimum Gasteiger partial charge on any atom is -0.353 e. The minimum absolute atomic E-state index is 0.0863. The number of carbonyl (C=O) groups is 2. The van der Waals surface area contributed by atoms with Crippen molar-refractivity contribution >= 4 is 17.5 Å². The molecule has 0 saturated carbocycles. The van der Waals surface area contributed by atoms with Crippen LogP contribution in [0.4, 0.5) is 5.69 Å². The average molecular weight is 380 g/mol. The van der Waals surface area contributed by atoms with E-state index in [1.807, 2.05) is 71.3 Å². The molecule has 1 aliphatic rings. The smallest absolute Gasteiger partial charge is 0.242 e. The Bertz CT molecular complexity index is 785. The summed E-state index contributed by atoms with van der Waals surface area (Å²) in [5.74, 6) is 0.00821. The molecule has 1 saturated heterocycles. The largest absolute Gasteiger partial charge is 0.353 e. The number of likely N-dealkylation sites (tertiary alicyclic amines) is 1. The number of carbonyl (C=O) groups excluding carboxylic acids is 2. The number of anilines is 1. The van der Waals surface area contributed by atoms with Crippen LogP contribution in [-0.2, 0) is 16.1 Å². The standard InChI is InChI=1S/C23H29N3O2/c1-19-9-8-12-21(15-19)26(18-23(28)25-13-6-3-7-14-25)17-22(27)24-16-20-10-4-2-5-11-20/h2,4-5,8-12,15H,3,6-7,13-14,16-18H2,1H3,(H,24,27). The number of hydrogen-bond acceptors (Lipinski definition) is 3. The first-order valence-corrected chi connectivity index (χ1v) is 10.0. The highest BCUT2D eigenvalue weighted by molar-refractivity contribution is 5.86. The normalized spacial score (nSPS) is 13.8. The molecular weight excluding hydrogens is 350 g/mol. The first-order valence-electron chi connectivity index (χ1n) is 10.0. The van der Waals surface area contributed by atoms with Crippen molar-refractivity contribution in [2.24, 2.45) is 0 Å². The monoisotopic (exact) mass is 379 g/mol. The molecule has 5 nitrogen and oxygen atoms in total. The van der Waals surface area contributed by atoms with E-state index in [1.54, 1.807) is 0 Å². The van der Waals surface area contributed by atoms with E-state index in [2.05, 4.69) is 5.32 Å².